The number of aromatic amines is 5. The Morgan fingerprint density at radius 3 is 0.984 bits per heavy atom. The van der Waals surface area contributed by atoms with Gasteiger partial charge in [0.1, 0.15) is 17.2 Å². The second-order valence-corrected chi connectivity index (χ2v) is 29.9. The van der Waals surface area contributed by atoms with Gasteiger partial charge < -0.3 is 76.5 Å². The Morgan fingerprint density at radius 2 is 0.614 bits per heavy atom. The van der Waals surface area contributed by atoms with Gasteiger partial charge in [0.25, 0.3) is 23.3 Å². The molecular formula is C82H62N18O22S5. The van der Waals surface area contributed by atoms with Crippen molar-refractivity contribution in [3.8, 4) is 17.2 Å². The highest BCUT2D eigenvalue weighted by Gasteiger charge is 2.29. The van der Waals surface area contributed by atoms with Gasteiger partial charge in [-0.2, -0.15) is 8.75 Å². The zero-order valence-corrected chi connectivity index (χ0v) is 71.5. The summed E-state index contributed by atoms with van der Waals surface area (Å²) in [6.45, 7) is 0. The lowest BCUT2D eigenvalue weighted by molar-refractivity contribution is 0.0549. The van der Waals surface area contributed by atoms with E-state index < -0.39 is 41.6 Å². The summed E-state index contributed by atoms with van der Waals surface area (Å²) in [5.74, 6) is -4.71. The molecule has 0 saturated carbocycles. The van der Waals surface area contributed by atoms with Gasteiger partial charge >= 0.3 is 41.7 Å². The number of nitrogens with zero attached hydrogens (tertiary/aromatic N) is 13. The quantitative estimate of drug-likeness (QED) is 0.0253. The number of esters is 6. The molecule has 18 rings (SSSR count). The predicted molar refractivity (Wildman–Crippen MR) is 457 cm³/mol. The molecule has 0 aliphatic heterocycles. The molecule has 0 atom stereocenters. The molecule has 0 saturated heterocycles. The normalized spacial score (nSPS) is 10.7. The van der Waals surface area contributed by atoms with E-state index in [0.29, 0.717) is 50.6 Å². The lowest BCUT2D eigenvalue weighted by Gasteiger charge is -2.01. The third-order valence-corrected chi connectivity index (χ3v) is 22.2. The van der Waals surface area contributed by atoms with Crippen LogP contribution in [0.4, 0.5) is 0 Å². The second kappa shape index (κ2) is 39.7. The van der Waals surface area contributed by atoms with Crippen molar-refractivity contribution < 1.29 is 105 Å². The first-order chi connectivity index (χ1) is 61.4. The van der Waals surface area contributed by atoms with Crippen molar-refractivity contribution in [3.63, 3.8) is 0 Å². The van der Waals surface area contributed by atoms with Gasteiger partial charge in [0, 0.05) is 110 Å². The first kappa shape index (κ1) is 88.5. The maximum atomic E-state index is 12.7. The zero-order chi connectivity index (χ0) is 90.3. The molecule has 45 heteroatoms. The van der Waals surface area contributed by atoms with Crippen molar-refractivity contribution in [1.82, 2.24) is 89.0 Å². The second-order valence-electron chi connectivity index (χ2n) is 25.4. The van der Waals surface area contributed by atoms with E-state index in [9.17, 15) is 57.5 Å². The van der Waals surface area contributed by atoms with Gasteiger partial charge in [0.15, 0.2) is 25.0 Å². The highest BCUT2D eigenvalue weighted by molar-refractivity contribution is 7.16. The summed E-state index contributed by atoms with van der Waals surface area (Å²) in [4.78, 5) is 166. The number of benzene rings is 6. The van der Waals surface area contributed by atoms with Crippen LogP contribution >= 0.6 is 57.1 Å². The van der Waals surface area contributed by atoms with Gasteiger partial charge in [-0.1, -0.05) is 88.6 Å². The fourth-order valence-electron chi connectivity index (χ4n) is 11.9. The highest BCUT2D eigenvalue weighted by Crippen LogP contribution is 2.33. The fraction of sp³-hybridized carbons (Fsp3) is 0.122. The number of aryl methyl sites for hydroxylation is 1. The SMILES string of the molecule is COC(=O)c1nnc(C(=O)c2c[nH]c3ccc(OC)cc23)s1.COC(=O)c1nnc(C(=O)c2c[nH]c3ccccc23)o1.COC(=O)c1nnc(C(=O)c2c[nH]c3ccccc23)s1.COC(=O)c1nnc(C(=O)c2cn(C)c3ccc(OC)cc23)s1.COC(=O)c1nsc(C(=O)c2c[nH]c3ccc(OC)cc23)n1.COC(=O)c1nsc(C(=O)c2c[nH]c3ccccc23)n1. The van der Waals surface area contributed by atoms with Gasteiger partial charge in [-0.25, -0.2) is 38.7 Å². The molecule has 6 aromatic carbocycles. The number of carbonyl (C=O) groups is 12. The van der Waals surface area contributed by atoms with Crippen LogP contribution in [-0.2, 0) is 35.5 Å². The van der Waals surface area contributed by atoms with Crippen molar-refractivity contribution in [2.75, 3.05) is 64.0 Å². The number of nitrogens with one attached hydrogen (secondary N) is 5. The van der Waals surface area contributed by atoms with Crippen LogP contribution in [0.5, 0.6) is 17.2 Å². The largest absolute Gasteiger partial charge is 0.497 e. The van der Waals surface area contributed by atoms with Crippen molar-refractivity contribution in [3.05, 3.63) is 261 Å². The maximum Gasteiger partial charge on any atom is 0.396 e. The standard InChI is InChI=1S/C15H13N3O4S.2C14H11N3O4S.C13H9N3O4.2C13H9N3O3S/c1-18-7-10(9-6-8(21-2)4-5-11(9)18)12(19)13-16-17-14(23-13)15(20)22-3;1-20-7-3-4-10-8(5-7)9(6-15-10)11(18)13-16-12(17-22-13)14(19)21-2;1-20-7-3-4-10-8(5-7)9(6-15-10)11(18)12-16-17-13(22-12)14(19)21-2;1-19-13(18)12-16-15-11(20-12)10(17)8-6-14-9-5-3-2-4-7(8)9;1-19-13(18)11-15-12(20-16-11)10(17)8-6-14-9-5-3-2-4-7(8)9;1-19-13(18)12-16-15-11(20-12)10(17)8-6-14-9-5-3-2-4-7(8)9/h4-7H,1-3H3;2*3-6,15H,1-2H3;3*2-6,14H,1H3. The Balaban J connectivity index is 0.000000130. The Hall–Kier alpha value is -16.3. The zero-order valence-electron chi connectivity index (χ0n) is 67.4. The molecule has 0 spiro atoms. The first-order valence-electron chi connectivity index (χ1n) is 36.3. The van der Waals surface area contributed by atoms with Crippen LogP contribution in [0.2, 0.25) is 0 Å². The van der Waals surface area contributed by atoms with Crippen molar-refractivity contribution in [2.45, 2.75) is 0 Å². The van der Waals surface area contributed by atoms with Crippen molar-refractivity contribution in [2.24, 2.45) is 7.05 Å². The van der Waals surface area contributed by atoms with Crippen LogP contribution in [0.3, 0.4) is 0 Å². The Bertz CT molecular complexity index is 6790. The van der Waals surface area contributed by atoms with Crippen LogP contribution in [0.15, 0.2) is 169 Å². The molecule has 0 aliphatic rings. The Labute approximate surface area is 731 Å². The Morgan fingerprint density at radius 1 is 0.307 bits per heavy atom. The van der Waals surface area contributed by atoms with Crippen molar-refractivity contribution >= 4 is 193 Å². The number of rotatable bonds is 21. The molecule has 12 aromatic heterocycles. The summed E-state index contributed by atoms with van der Waals surface area (Å²) in [5, 5.41) is 34.8. The molecule has 0 fully saturated rings. The lowest BCUT2D eigenvalue weighted by atomic mass is 10.1. The monoisotopic (exact) mass is 1810 g/mol. The summed E-state index contributed by atoms with van der Waals surface area (Å²) >= 11 is 4.47. The van der Waals surface area contributed by atoms with Gasteiger partial charge in [-0.15, -0.1) is 40.8 Å². The number of carbonyl (C=O) groups excluding carboxylic acids is 12. The number of fused-ring (bicyclic) bond motifs is 6. The summed E-state index contributed by atoms with van der Waals surface area (Å²) in [6.07, 6.45) is 9.76. The minimum atomic E-state index is -0.782. The number of aromatic nitrogens is 18. The van der Waals surface area contributed by atoms with Crippen LogP contribution < -0.4 is 14.2 Å². The van der Waals surface area contributed by atoms with Gasteiger partial charge in [0.05, 0.1) is 97.4 Å². The molecule has 127 heavy (non-hydrogen) atoms. The van der Waals surface area contributed by atoms with Crippen LogP contribution in [0, 0.1) is 0 Å². The average Bonchev–Trinajstić information content (AvgIpc) is 1.63. The maximum absolute atomic E-state index is 12.7. The molecule has 0 unspecified atom stereocenters. The van der Waals surface area contributed by atoms with E-state index in [1.807, 2.05) is 103 Å². The molecular weight excluding hydrogens is 1750 g/mol. The van der Waals surface area contributed by atoms with Crippen LogP contribution in [0.1, 0.15) is 154 Å². The minimum absolute atomic E-state index is 0.0447. The third-order valence-electron chi connectivity index (χ3n) is 18.1. The first-order valence-corrected chi connectivity index (χ1v) is 40.3. The van der Waals surface area contributed by atoms with E-state index in [4.69, 9.17) is 18.6 Å². The number of H-pyrrole nitrogens is 5. The van der Waals surface area contributed by atoms with Gasteiger partial charge in [-0.3, -0.25) is 28.8 Å². The average molecular weight is 1810 g/mol. The number of ether oxygens (including phenoxy) is 9. The molecule has 0 radical (unpaired) electrons. The van der Waals surface area contributed by atoms with E-state index in [2.05, 4.69) is 113 Å². The summed E-state index contributed by atoms with van der Waals surface area (Å²) in [6, 6.07) is 38.5. The fourth-order valence-corrected chi connectivity index (χ4v) is 15.3. The van der Waals surface area contributed by atoms with E-state index in [-0.39, 0.29) is 92.4 Å². The Kier molecular flexibility index (Phi) is 27.7. The molecule has 12 heterocycles. The van der Waals surface area contributed by atoms with E-state index in [1.165, 1.54) is 42.7 Å². The van der Waals surface area contributed by atoms with Gasteiger partial charge in [-0.05, 0) is 95.9 Å². The number of hydrogen-bond acceptors (Lipinski definition) is 39. The number of para-hydroxylation sites is 3. The molecule has 642 valence electrons. The van der Waals surface area contributed by atoms with E-state index in [1.54, 1.807) is 94.9 Å². The van der Waals surface area contributed by atoms with E-state index in [0.717, 1.165) is 122 Å². The number of hydrogen-bond donors (Lipinski definition) is 5. The van der Waals surface area contributed by atoms with Crippen LogP contribution in [-0.4, -0.2) is 223 Å². The topological polar surface area (TPSA) is 540 Å². The third kappa shape index (κ3) is 19.3. The minimum Gasteiger partial charge on any atom is -0.497 e. The van der Waals surface area contributed by atoms with Crippen LogP contribution in [0.25, 0.3) is 65.4 Å². The molecule has 5 N–H and O–H groups in total. The number of methoxy groups -OCH3 is 9. The van der Waals surface area contributed by atoms with Gasteiger partial charge in [0.2, 0.25) is 43.9 Å². The summed E-state index contributed by atoms with van der Waals surface area (Å²) in [5.41, 5.74) is 7.86. The lowest BCUT2D eigenvalue weighted by Crippen LogP contribution is -2.05. The molecule has 0 bridgehead atoms. The predicted octanol–water partition coefficient (Wildman–Crippen LogP) is 11.8. The molecule has 40 nitrogen and oxygen atoms in total. The molecule has 18 aromatic rings. The summed E-state index contributed by atoms with van der Waals surface area (Å²) < 4.78 is 57.2. The molecule has 0 aliphatic carbocycles. The number of ketones is 6. The summed E-state index contributed by atoms with van der Waals surface area (Å²) in [7, 11) is 14.0. The highest BCUT2D eigenvalue weighted by atomic mass is 32.1. The van der Waals surface area contributed by atoms with E-state index >= 15 is 0 Å². The smallest absolute Gasteiger partial charge is 0.396 e. The van der Waals surface area contributed by atoms with Crippen molar-refractivity contribution in [1.29, 1.82) is 0 Å². The molecule has 0 amide bonds.